The molecule has 3 rings (SSSR count). The molecule has 0 spiro atoms. The van der Waals surface area contributed by atoms with E-state index in [1.54, 1.807) is 24.3 Å². The SMILES string of the molecule is COc1ccc(S(=O)(=O)N2CCC(C)CC2)cc1C(=O)Nc1ccc(NC(C)=O)cc1. The van der Waals surface area contributed by atoms with Gasteiger partial charge in [0.25, 0.3) is 5.91 Å². The number of piperidine rings is 1. The van der Waals surface area contributed by atoms with Crippen molar-refractivity contribution >= 4 is 33.2 Å². The van der Waals surface area contributed by atoms with Gasteiger partial charge in [-0.2, -0.15) is 4.31 Å². The molecule has 0 bridgehead atoms. The number of hydrogen-bond donors (Lipinski definition) is 2. The maximum absolute atomic E-state index is 13.1. The first-order valence-corrected chi connectivity index (χ1v) is 11.5. The lowest BCUT2D eigenvalue weighted by molar-refractivity contribution is -0.114. The normalized spacial score (nSPS) is 15.3. The minimum absolute atomic E-state index is 0.0639. The van der Waals surface area contributed by atoms with Crippen LogP contribution in [0, 0.1) is 5.92 Å². The number of anilines is 2. The summed E-state index contributed by atoms with van der Waals surface area (Å²) in [5.41, 5.74) is 1.23. The van der Waals surface area contributed by atoms with Crippen molar-refractivity contribution in [3.8, 4) is 5.75 Å². The van der Waals surface area contributed by atoms with Gasteiger partial charge in [0.05, 0.1) is 17.6 Å². The van der Waals surface area contributed by atoms with Gasteiger partial charge in [0.1, 0.15) is 5.75 Å². The summed E-state index contributed by atoms with van der Waals surface area (Å²) >= 11 is 0. The van der Waals surface area contributed by atoms with Crippen LogP contribution in [0.15, 0.2) is 47.4 Å². The number of nitrogens with one attached hydrogen (secondary N) is 2. The monoisotopic (exact) mass is 445 g/mol. The zero-order valence-corrected chi connectivity index (χ0v) is 18.7. The molecule has 0 atom stereocenters. The molecule has 31 heavy (non-hydrogen) atoms. The molecule has 166 valence electrons. The van der Waals surface area contributed by atoms with Gasteiger partial charge in [0, 0.05) is 31.4 Å². The number of hydrogen-bond acceptors (Lipinski definition) is 5. The zero-order chi connectivity index (χ0) is 22.6. The molecule has 0 unspecified atom stereocenters. The van der Waals surface area contributed by atoms with E-state index in [1.165, 1.54) is 36.5 Å². The van der Waals surface area contributed by atoms with E-state index < -0.39 is 15.9 Å². The molecule has 1 fully saturated rings. The van der Waals surface area contributed by atoms with Crippen LogP contribution in [-0.4, -0.2) is 44.7 Å². The second kappa shape index (κ2) is 9.49. The number of sulfonamides is 1. The van der Waals surface area contributed by atoms with E-state index in [0.717, 1.165) is 12.8 Å². The first-order chi connectivity index (χ1) is 14.7. The molecule has 8 nitrogen and oxygen atoms in total. The van der Waals surface area contributed by atoms with E-state index >= 15 is 0 Å². The van der Waals surface area contributed by atoms with Gasteiger partial charge in [0.15, 0.2) is 0 Å². The largest absolute Gasteiger partial charge is 0.496 e. The Labute approximate surface area is 182 Å². The van der Waals surface area contributed by atoms with Gasteiger partial charge < -0.3 is 15.4 Å². The smallest absolute Gasteiger partial charge is 0.259 e. The first-order valence-electron chi connectivity index (χ1n) is 10.1. The van der Waals surface area contributed by atoms with Crippen molar-refractivity contribution in [2.45, 2.75) is 31.6 Å². The van der Waals surface area contributed by atoms with Gasteiger partial charge in [-0.05, 0) is 61.2 Å². The fourth-order valence-electron chi connectivity index (χ4n) is 3.44. The number of amides is 2. The van der Waals surface area contributed by atoms with E-state index in [4.69, 9.17) is 4.74 Å². The Balaban J connectivity index is 1.83. The third-order valence-corrected chi connectivity index (χ3v) is 7.15. The Morgan fingerprint density at radius 2 is 1.58 bits per heavy atom. The van der Waals surface area contributed by atoms with Crippen molar-refractivity contribution in [1.29, 1.82) is 0 Å². The van der Waals surface area contributed by atoms with Gasteiger partial charge in [-0.1, -0.05) is 6.92 Å². The van der Waals surface area contributed by atoms with Crippen molar-refractivity contribution in [3.05, 3.63) is 48.0 Å². The highest BCUT2D eigenvalue weighted by atomic mass is 32.2. The zero-order valence-electron chi connectivity index (χ0n) is 17.8. The molecular weight excluding hydrogens is 418 g/mol. The number of carbonyl (C=O) groups excluding carboxylic acids is 2. The highest BCUT2D eigenvalue weighted by Crippen LogP contribution is 2.28. The van der Waals surface area contributed by atoms with Crippen LogP contribution in [0.1, 0.15) is 37.0 Å². The minimum atomic E-state index is -3.70. The molecule has 1 aliphatic rings. The Morgan fingerprint density at radius 3 is 2.13 bits per heavy atom. The molecule has 2 aromatic rings. The summed E-state index contributed by atoms with van der Waals surface area (Å²) in [4.78, 5) is 24.1. The lowest BCUT2D eigenvalue weighted by Crippen LogP contribution is -2.37. The molecule has 2 amide bonds. The molecule has 2 aromatic carbocycles. The van der Waals surface area contributed by atoms with Crippen molar-refractivity contribution in [2.24, 2.45) is 5.92 Å². The molecule has 1 aliphatic heterocycles. The average molecular weight is 446 g/mol. The van der Waals surface area contributed by atoms with Crippen LogP contribution < -0.4 is 15.4 Å². The van der Waals surface area contributed by atoms with Crippen LogP contribution in [0.2, 0.25) is 0 Å². The number of methoxy groups -OCH3 is 1. The summed E-state index contributed by atoms with van der Waals surface area (Å²) in [5, 5.41) is 5.39. The number of benzene rings is 2. The van der Waals surface area contributed by atoms with Crippen molar-refractivity contribution < 1.29 is 22.7 Å². The minimum Gasteiger partial charge on any atom is -0.496 e. The van der Waals surface area contributed by atoms with Crippen LogP contribution in [-0.2, 0) is 14.8 Å². The molecule has 2 N–H and O–H groups in total. The molecule has 1 heterocycles. The molecule has 0 radical (unpaired) electrons. The van der Waals surface area contributed by atoms with E-state index in [2.05, 4.69) is 17.6 Å². The van der Waals surface area contributed by atoms with Crippen LogP contribution in [0.5, 0.6) is 5.75 Å². The second-order valence-corrected chi connectivity index (χ2v) is 9.60. The third kappa shape index (κ3) is 5.42. The van der Waals surface area contributed by atoms with Crippen molar-refractivity contribution in [3.63, 3.8) is 0 Å². The third-order valence-electron chi connectivity index (χ3n) is 5.26. The van der Waals surface area contributed by atoms with E-state index in [-0.39, 0.29) is 22.1 Å². The molecule has 0 aromatic heterocycles. The molecule has 9 heteroatoms. The van der Waals surface area contributed by atoms with Crippen LogP contribution in [0.4, 0.5) is 11.4 Å². The summed E-state index contributed by atoms with van der Waals surface area (Å²) in [5.74, 6) is 0.0930. The Kier molecular flexibility index (Phi) is 6.97. The van der Waals surface area contributed by atoms with Gasteiger partial charge in [-0.3, -0.25) is 9.59 Å². The van der Waals surface area contributed by atoms with Crippen molar-refractivity contribution in [1.82, 2.24) is 4.31 Å². The number of nitrogens with zero attached hydrogens (tertiary/aromatic N) is 1. The van der Waals surface area contributed by atoms with Crippen LogP contribution >= 0.6 is 0 Å². The summed E-state index contributed by atoms with van der Waals surface area (Å²) in [6, 6.07) is 10.9. The standard InChI is InChI=1S/C22H27N3O5S/c1-15-10-12-25(13-11-15)31(28,29)19-8-9-21(30-3)20(14-19)22(27)24-18-6-4-17(5-7-18)23-16(2)26/h4-9,14-15H,10-13H2,1-3H3,(H,23,26)(H,24,27). The lowest BCUT2D eigenvalue weighted by atomic mass is 10.0. The fourth-order valence-corrected chi connectivity index (χ4v) is 4.93. The van der Waals surface area contributed by atoms with Gasteiger partial charge in [0.2, 0.25) is 15.9 Å². The maximum atomic E-state index is 13.1. The fraction of sp³-hybridized carbons (Fsp3) is 0.364. The van der Waals surface area contributed by atoms with E-state index in [9.17, 15) is 18.0 Å². The Hall–Kier alpha value is -2.91. The summed E-state index contributed by atoms with van der Waals surface area (Å²) in [7, 11) is -2.27. The summed E-state index contributed by atoms with van der Waals surface area (Å²) in [6.07, 6.45) is 1.63. The summed E-state index contributed by atoms with van der Waals surface area (Å²) in [6.45, 7) is 4.46. The highest BCUT2D eigenvalue weighted by Gasteiger charge is 2.29. The number of rotatable bonds is 6. The van der Waals surface area contributed by atoms with Crippen molar-refractivity contribution in [2.75, 3.05) is 30.8 Å². The average Bonchev–Trinajstić information content (AvgIpc) is 2.74. The van der Waals surface area contributed by atoms with Gasteiger partial charge in [-0.25, -0.2) is 8.42 Å². The topological polar surface area (TPSA) is 105 Å². The maximum Gasteiger partial charge on any atom is 0.259 e. The Morgan fingerprint density at radius 1 is 1.00 bits per heavy atom. The summed E-state index contributed by atoms with van der Waals surface area (Å²) < 4.78 is 32.9. The molecule has 0 aliphatic carbocycles. The molecule has 1 saturated heterocycles. The second-order valence-electron chi connectivity index (χ2n) is 7.66. The predicted octanol–water partition coefficient (Wildman–Crippen LogP) is 3.33. The quantitative estimate of drug-likeness (QED) is 0.710. The number of carbonyl (C=O) groups is 2. The molecule has 0 saturated carbocycles. The number of ether oxygens (including phenoxy) is 1. The van der Waals surface area contributed by atoms with E-state index in [1.807, 2.05) is 0 Å². The first kappa shape index (κ1) is 22.8. The van der Waals surface area contributed by atoms with E-state index in [0.29, 0.717) is 30.4 Å². The molecular formula is C22H27N3O5S. The van der Waals surface area contributed by atoms with Crippen LogP contribution in [0.3, 0.4) is 0 Å². The van der Waals surface area contributed by atoms with Gasteiger partial charge in [-0.15, -0.1) is 0 Å². The van der Waals surface area contributed by atoms with Crippen LogP contribution in [0.25, 0.3) is 0 Å². The lowest BCUT2D eigenvalue weighted by Gasteiger charge is -2.29. The predicted molar refractivity (Wildman–Crippen MR) is 119 cm³/mol. The highest BCUT2D eigenvalue weighted by molar-refractivity contribution is 7.89. The Bertz CT molecular complexity index is 1060. The van der Waals surface area contributed by atoms with Gasteiger partial charge >= 0.3 is 0 Å².